The molecule has 18 heavy (non-hydrogen) atoms. The van der Waals surface area contributed by atoms with Crippen LogP contribution in [0.4, 0.5) is 11.4 Å². The molecule has 0 radical (unpaired) electrons. The Hall–Kier alpha value is -1.75. The third-order valence-corrected chi connectivity index (χ3v) is 3.26. The monoisotopic (exact) mass is 263 g/mol. The molecule has 0 heterocycles. The standard InChI is InChI=1S/C13H13NO3S/c1-3-17-13-10(11(15)12(13)16)14-8-4-6-9(18-2)7-5-8/h4-7,14H,3H2,1-2H3. The quantitative estimate of drug-likeness (QED) is 0.661. The first-order chi connectivity index (χ1) is 8.67. The van der Waals surface area contributed by atoms with Crippen LogP contribution in [0.1, 0.15) is 6.92 Å². The predicted molar refractivity (Wildman–Crippen MR) is 74.0 cm³/mol. The van der Waals surface area contributed by atoms with E-state index in [1.807, 2.05) is 30.5 Å². The number of anilines is 2. The molecule has 0 saturated carbocycles. The van der Waals surface area contributed by atoms with E-state index in [2.05, 4.69) is 5.32 Å². The molecule has 2 aromatic rings. The van der Waals surface area contributed by atoms with Gasteiger partial charge in [0.25, 0.3) is 10.9 Å². The van der Waals surface area contributed by atoms with Crippen LogP contribution >= 0.6 is 11.8 Å². The lowest BCUT2D eigenvalue weighted by atomic mass is 10.2. The Kier molecular flexibility index (Phi) is 3.72. The molecule has 4 nitrogen and oxygen atoms in total. The van der Waals surface area contributed by atoms with Crippen LogP contribution in [0.3, 0.4) is 0 Å². The van der Waals surface area contributed by atoms with Crippen LogP contribution in [0.15, 0.2) is 38.8 Å². The number of thioether (sulfide) groups is 1. The van der Waals surface area contributed by atoms with Crippen LogP contribution in [0, 0.1) is 0 Å². The van der Waals surface area contributed by atoms with Crippen LogP contribution in [0.2, 0.25) is 0 Å². The SMILES string of the molecule is CCOc1c(Nc2ccc(SC)cc2)c(=O)c1=O. The summed E-state index contributed by atoms with van der Waals surface area (Å²) in [5.41, 5.74) is -0.0629. The summed E-state index contributed by atoms with van der Waals surface area (Å²) in [7, 11) is 0. The van der Waals surface area contributed by atoms with E-state index in [9.17, 15) is 9.59 Å². The van der Waals surface area contributed by atoms with Gasteiger partial charge in [0.2, 0.25) is 0 Å². The molecular formula is C13H13NO3S. The molecule has 5 heteroatoms. The normalized spacial score (nSPS) is 10.6. The highest BCUT2D eigenvalue weighted by Gasteiger charge is 2.22. The van der Waals surface area contributed by atoms with Crippen molar-refractivity contribution in [1.82, 2.24) is 0 Å². The van der Waals surface area contributed by atoms with E-state index < -0.39 is 10.9 Å². The molecule has 0 unspecified atom stereocenters. The maximum absolute atomic E-state index is 11.4. The highest BCUT2D eigenvalue weighted by atomic mass is 32.2. The van der Waals surface area contributed by atoms with Crippen molar-refractivity contribution in [3.8, 4) is 5.75 Å². The van der Waals surface area contributed by atoms with E-state index in [1.54, 1.807) is 18.7 Å². The molecule has 2 aromatic carbocycles. The molecule has 0 aliphatic rings. The van der Waals surface area contributed by atoms with Crippen LogP contribution in [-0.2, 0) is 0 Å². The van der Waals surface area contributed by atoms with Gasteiger partial charge in [-0.25, -0.2) is 0 Å². The van der Waals surface area contributed by atoms with Gasteiger partial charge in [0.05, 0.1) is 6.61 Å². The van der Waals surface area contributed by atoms with Gasteiger partial charge in [-0.3, -0.25) is 9.59 Å². The summed E-state index contributed by atoms with van der Waals surface area (Å²) in [4.78, 5) is 23.8. The van der Waals surface area contributed by atoms with Crippen molar-refractivity contribution in [3.63, 3.8) is 0 Å². The molecule has 94 valence electrons. The first kappa shape index (κ1) is 12.7. The average molecular weight is 263 g/mol. The highest BCUT2D eigenvalue weighted by Crippen LogP contribution is 2.24. The van der Waals surface area contributed by atoms with Gasteiger partial charge in [-0.2, -0.15) is 0 Å². The number of hydrogen-bond acceptors (Lipinski definition) is 5. The molecule has 0 bridgehead atoms. The molecule has 0 atom stereocenters. The van der Waals surface area contributed by atoms with Gasteiger partial charge in [-0.15, -0.1) is 11.8 Å². The molecule has 0 aromatic heterocycles. The van der Waals surface area contributed by atoms with Gasteiger partial charge < -0.3 is 10.1 Å². The van der Waals surface area contributed by atoms with Crippen molar-refractivity contribution in [2.45, 2.75) is 11.8 Å². The Morgan fingerprint density at radius 2 is 1.83 bits per heavy atom. The van der Waals surface area contributed by atoms with E-state index in [-0.39, 0.29) is 11.4 Å². The first-order valence-corrected chi connectivity index (χ1v) is 6.77. The van der Waals surface area contributed by atoms with Gasteiger partial charge in [-0.05, 0) is 37.4 Å². The van der Waals surface area contributed by atoms with Crippen LogP contribution in [-0.4, -0.2) is 12.9 Å². The molecule has 0 amide bonds. The van der Waals surface area contributed by atoms with Crippen LogP contribution in [0.5, 0.6) is 5.75 Å². The molecule has 0 spiro atoms. The third kappa shape index (κ3) is 2.26. The lowest BCUT2D eigenvalue weighted by Crippen LogP contribution is -2.35. The minimum absolute atomic E-state index is 0.136. The first-order valence-electron chi connectivity index (χ1n) is 5.54. The Morgan fingerprint density at radius 3 is 2.39 bits per heavy atom. The summed E-state index contributed by atoms with van der Waals surface area (Å²) >= 11 is 1.64. The Labute approximate surface area is 109 Å². The summed E-state index contributed by atoms with van der Waals surface area (Å²) in [5.74, 6) is 0.136. The second kappa shape index (κ2) is 5.27. The highest BCUT2D eigenvalue weighted by molar-refractivity contribution is 7.98. The second-order valence-corrected chi connectivity index (χ2v) is 4.53. The summed E-state index contributed by atoms with van der Waals surface area (Å²) in [5, 5.41) is 2.92. The minimum Gasteiger partial charge on any atom is -0.488 e. The van der Waals surface area contributed by atoms with E-state index >= 15 is 0 Å². The van der Waals surface area contributed by atoms with Crippen molar-refractivity contribution in [2.75, 3.05) is 18.2 Å². The average Bonchev–Trinajstić information content (AvgIpc) is 2.43. The summed E-state index contributed by atoms with van der Waals surface area (Å²) in [6, 6.07) is 7.61. The van der Waals surface area contributed by atoms with E-state index in [0.717, 1.165) is 10.6 Å². The van der Waals surface area contributed by atoms with Crippen LogP contribution < -0.4 is 20.9 Å². The van der Waals surface area contributed by atoms with Crippen LogP contribution in [0.25, 0.3) is 0 Å². The Morgan fingerprint density at radius 1 is 1.17 bits per heavy atom. The number of rotatable bonds is 5. The van der Waals surface area contributed by atoms with Crippen molar-refractivity contribution >= 4 is 23.1 Å². The molecular weight excluding hydrogens is 250 g/mol. The van der Waals surface area contributed by atoms with Crippen molar-refractivity contribution in [3.05, 3.63) is 44.7 Å². The Bertz CT molecular complexity index is 612. The lowest BCUT2D eigenvalue weighted by Gasteiger charge is -2.13. The molecule has 0 saturated heterocycles. The second-order valence-electron chi connectivity index (χ2n) is 3.65. The summed E-state index contributed by atoms with van der Waals surface area (Å²) < 4.78 is 5.13. The fourth-order valence-corrected chi connectivity index (χ4v) is 1.99. The molecule has 0 aliphatic heterocycles. The lowest BCUT2D eigenvalue weighted by molar-refractivity contribution is 0.335. The fourth-order valence-electron chi connectivity index (χ4n) is 1.59. The zero-order valence-corrected chi connectivity index (χ0v) is 11.0. The van der Waals surface area contributed by atoms with E-state index in [1.165, 1.54) is 0 Å². The maximum atomic E-state index is 11.4. The smallest absolute Gasteiger partial charge is 0.272 e. The van der Waals surface area contributed by atoms with Crippen molar-refractivity contribution in [2.24, 2.45) is 0 Å². The Balaban J connectivity index is 2.21. The zero-order chi connectivity index (χ0) is 13.1. The maximum Gasteiger partial charge on any atom is 0.272 e. The molecule has 0 fully saturated rings. The zero-order valence-electron chi connectivity index (χ0n) is 10.1. The summed E-state index contributed by atoms with van der Waals surface area (Å²) in [6.07, 6.45) is 1.99. The van der Waals surface area contributed by atoms with Gasteiger partial charge in [0.15, 0.2) is 5.75 Å². The largest absolute Gasteiger partial charge is 0.488 e. The number of benzene rings is 1. The molecule has 2 rings (SSSR count). The molecule has 1 N–H and O–H groups in total. The van der Waals surface area contributed by atoms with E-state index in [0.29, 0.717) is 6.61 Å². The number of hydrogen-bond donors (Lipinski definition) is 1. The minimum atomic E-state index is -0.555. The van der Waals surface area contributed by atoms with Gasteiger partial charge in [0.1, 0.15) is 5.69 Å². The van der Waals surface area contributed by atoms with E-state index in [4.69, 9.17) is 4.74 Å². The number of ether oxygens (including phenoxy) is 1. The van der Waals surface area contributed by atoms with Crippen molar-refractivity contribution < 1.29 is 4.74 Å². The molecule has 0 aliphatic carbocycles. The van der Waals surface area contributed by atoms with Crippen molar-refractivity contribution in [1.29, 1.82) is 0 Å². The van der Waals surface area contributed by atoms with Gasteiger partial charge in [-0.1, -0.05) is 0 Å². The summed E-state index contributed by atoms with van der Waals surface area (Å²) in [6.45, 7) is 2.14. The topological polar surface area (TPSA) is 55.4 Å². The fraction of sp³-hybridized carbons (Fsp3) is 0.231. The predicted octanol–water partition coefficient (Wildman–Crippen LogP) is 2.15. The number of nitrogens with one attached hydrogen (secondary N) is 1. The third-order valence-electron chi connectivity index (χ3n) is 2.51. The van der Waals surface area contributed by atoms with Gasteiger partial charge in [0, 0.05) is 10.6 Å². The van der Waals surface area contributed by atoms with Gasteiger partial charge >= 0.3 is 0 Å².